The van der Waals surface area contributed by atoms with Crippen molar-refractivity contribution in [1.29, 1.82) is 0 Å². The molecule has 4 saturated carbocycles. The minimum absolute atomic E-state index is 0.0761. The number of rotatable bonds is 8. The molecule has 0 amide bonds. The topological polar surface area (TPSA) is 25.9 Å². The van der Waals surface area contributed by atoms with E-state index < -0.39 is 41.5 Å². The summed E-state index contributed by atoms with van der Waals surface area (Å²) in [6.45, 7) is 5.28. The molecular formula is C30H36F13N5. The number of alkyl halides is 13. The Morgan fingerprint density at radius 1 is 0.625 bits per heavy atom. The molecule has 4 aliphatic carbocycles. The first-order valence-electron chi connectivity index (χ1n) is 15.9. The van der Waals surface area contributed by atoms with Gasteiger partial charge in [-0.1, -0.05) is 0 Å². The van der Waals surface area contributed by atoms with Crippen LogP contribution in [0.3, 0.4) is 0 Å². The van der Waals surface area contributed by atoms with Crippen molar-refractivity contribution < 1.29 is 57.1 Å². The summed E-state index contributed by atoms with van der Waals surface area (Å²) in [5, 5.41) is 0. The lowest BCUT2D eigenvalue weighted by atomic mass is 9.49. The predicted molar refractivity (Wildman–Crippen MR) is 147 cm³/mol. The van der Waals surface area contributed by atoms with Gasteiger partial charge in [0.25, 0.3) is 0 Å². The van der Waals surface area contributed by atoms with Crippen molar-refractivity contribution in [2.75, 3.05) is 64.3 Å². The largest absolute Gasteiger partial charge is 0.460 e. The Morgan fingerprint density at radius 3 is 1.56 bits per heavy atom. The van der Waals surface area contributed by atoms with Crippen LogP contribution in [0.15, 0.2) is 18.3 Å². The second-order valence-corrected chi connectivity index (χ2v) is 14.4. The lowest BCUT2D eigenvalue weighted by molar-refractivity contribution is -0.442. The number of hydrogen-bond donors (Lipinski definition) is 0. The molecular weight excluding hydrogens is 677 g/mol. The van der Waals surface area contributed by atoms with E-state index in [1.165, 1.54) is 11.3 Å². The number of nitrogens with zero attached hydrogens (tertiary/aromatic N) is 5. The van der Waals surface area contributed by atoms with Gasteiger partial charge in [-0.3, -0.25) is 14.8 Å². The van der Waals surface area contributed by atoms with Crippen molar-refractivity contribution in [2.45, 2.75) is 85.4 Å². The van der Waals surface area contributed by atoms with Gasteiger partial charge in [-0.2, -0.15) is 57.1 Å². The zero-order valence-corrected chi connectivity index (χ0v) is 25.9. The normalized spacial score (nSPS) is 31.9. The van der Waals surface area contributed by atoms with Gasteiger partial charge in [0.1, 0.15) is 5.69 Å². The van der Waals surface area contributed by atoms with Crippen LogP contribution in [-0.2, 0) is 5.92 Å². The monoisotopic (exact) mass is 713 g/mol. The van der Waals surface area contributed by atoms with Crippen molar-refractivity contribution in [3.05, 3.63) is 24.0 Å². The third kappa shape index (κ3) is 5.18. The van der Waals surface area contributed by atoms with Crippen LogP contribution >= 0.6 is 0 Å². The van der Waals surface area contributed by atoms with E-state index in [0.717, 1.165) is 64.3 Å². The molecule has 2 aliphatic heterocycles. The standard InChI is InChI=1S/C30H36F13N5/c1-45-4-8-47(9-5-45)23-14-19-12-20(15-23)17-24(16-19,18-23)48-10-6-46(7-11-48)21-2-3-44-22(13-21)25(31,32)26(33,34)27(35,36)28(37,38)29(39,40)30(41,42)43/h2-3,13,19-20H,4-12,14-18H2,1H3. The highest BCUT2D eigenvalue weighted by molar-refractivity contribution is 5.48. The molecule has 0 spiro atoms. The minimum atomic E-state index is -7.95. The van der Waals surface area contributed by atoms with Gasteiger partial charge in [-0.15, -0.1) is 0 Å². The number of hydrogen-bond acceptors (Lipinski definition) is 5. The summed E-state index contributed by atoms with van der Waals surface area (Å²) in [5.41, 5.74) is -2.37. The highest BCUT2D eigenvalue weighted by Gasteiger charge is 2.91. The fourth-order valence-corrected chi connectivity index (χ4v) is 9.34. The third-order valence-corrected chi connectivity index (χ3v) is 11.5. The van der Waals surface area contributed by atoms with E-state index in [1.807, 2.05) is 0 Å². The van der Waals surface area contributed by atoms with E-state index in [1.54, 1.807) is 0 Å². The van der Waals surface area contributed by atoms with E-state index in [4.69, 9.17) is 0 Å². The first kappa shape index (κ1) is 35.7. The molecule has 1 aromatic rings. The van der Waals surface area contributed by atoms with Crippen LogP contribution in [0.25, 0.3) is 0 Å². The van der Waals surface area contributed by atoms with Crippen molar-refractivity contribution in [3.63, 3.8) is 0 Å². The molecule has 4 bridgehead atoms. The molecule has 0 N–H and O–H groups in total. The quantitative estimate of drug-likeness (QED) is 0.279. The number of piperazine rings is 2. The first-order valence-corrected chi connectivity index (χ1v) is 15.9. The Balaban J connectivity index is 1.18. The van der Waals surface area contributed by atoms with Gasteiger partial charge in [0.2, 0.25) is 0 Å². The predicted octanol–water partition coefficient (Wildman–Crippen LogP) is 6.74. The Bertz CT molecular complexity index is 1340. The lowest BCUT2D eigenvalue weighted by Gasteiger charge is -2.68. The zero-order chi connectivity index (χ0) is 35.3. The first-order chi connectivity index (χ1) is 22.0. The Kier molecular flexibility index (Phi) is 8.35. The molecule has 0 radical (unpaired) electrons. The van der Waals surface area contributed by atoms with Crippen LogP contribution in [0.1, 0.15) is 44.2 Å². The van der Waals surface area contributed by atoms with Crippen LogP contribution in [0, 0.1) is 11.8 Å². The van der Waals surface area contributed by atoms with Gasteiger partial charge in [0.05, 0.1) is 0 Å². The highest BCUT2D eigenvalue weighted by Crippen LogP contribution is 2.63. The van der Waals surface area contributed by atoms with E-state index >= 15 is 0 Å². The van der Waals surface area contributed by atoms with Gasteiger partial charge >= 0.3 is 35.8 Å². The second-order valence-electron chi connectivity index (χ2n) is 14.4. The van der Waals surface area contributed by atoms with E-state index in [9.17, 15) is 57.1 Å². The summed E-state index contributed by atoms with van der Waals surface area (Å²) in [4.78, 5) is 11.8. The fraction of sp³-hybridized carbons (Fsp3) is 0.833. The average molecular weight is 714 g/mol. The molecule has 1 aromatic heterocycles. The summed E-state index contributed by atoms with van der Waals surface area (Å²) in [5.74, 6) is -36.2. The lowest BCUT2D eigenvalue weighted by Crippen LogP contribution is -2.72. The highest BCUT2D eigenvalue weighted by atomic mass is 19.4. The number of pyridine rings is 1. The van der Waals surface area contributed by atoms with Crippen LogP contribution in [0.2, 0.25) is 0 Å². The summed E-state index contributed by atoms with van der Waals surface area (Å²) in [7, 11) is 2.10. The summed E-state index contributed by atoms with van der Waals surface area (Å²) >= 11 is 0. The summed E-state index contributed by atoms with van der Waals surface area (Å²) < 4.78 is 179. The van der Waals surface area contributed by atoms with E-state index in [2.05, 4.69) is 26.7 Å². The maximum Gasteiger partial charge on any atom is 0.460 e. The minimum Gasteiger partial charge on any atom is -0.369 e. The molecule has 2 atom stereocenters. The van der Waals surface area contributed by atoms with Gasteiger partial charge < -0.3 is 9.80 Å². The van der Waals surface area contributed by atoms with Gasteiger partial charge in [0, 0.05) is 75.3 Å². The maximum atomic E-state index is 14.9. The van der Waals surface area contributed by atoms with E-state index in [0.29, 0.717) is 31.1 Å². The molecule has 3 heterocycles. The SMILES string of the molecule is CN1CCN(C23CC4CC(C2)CC(N2CCN(c5ccnc(C(F)(F)C(F)(F)C(F)(F)C(F)(F)C(F)(F)C(F)(F)F)c5)CC2)(C4)C3)CC1. The molecule has 6 aliphatic rings. The zero-order valence-electron chi connectivity index (χ0n) is 25.9. The third-order valence-electron chi connectivity index (χ3n) is 11.5. The van der Waals surface area contributed by atoms with Gasteiger partial charge in [-0.25, -0.2) is 0 Å². The molecule has 5 nitrogen and oxygen atoms in total. The smallest absolute Gasteiger partial charge is 0.369 e. The molecule has 7 rings (SSSR count). The Hall–Kier alpha value is -2.08. The van der Waals surface area contributed by atoms with Gasteiger partial charge in [0.15, 0.2) is 0 Å². The van der Waals surface area contributed by atoms with Crippen LogP contribution in [0.4, 0.5) is 62.8 Å². The molecule has 48 heavy (non-hydrogen) atoms. The van der Waals surface area contributed by atoms with Crippen LogP contribution < -0.4 is 4.90 Å². The molecule has 18 heteroatoms. The van der Waals surface area contributed by atoms with Crippen LogP contribution in [0.5, 0.6) is 0 Å². The Labute approximate surface area is 268 Å². The molecule has 2 saturated heterocycles. The second kappa shape index (κ2) is 11.2. The molecule has 272 valence electrons. The molecule has 0 aromatic carbocycles. The van der Waals surface area contributed by atoms with E-state index in [-0.39, 0.29) is 35.9 Å². The molecule has 6 fully saturated rings. The van der Waals surface area contributed by atoms with Crippen molar-refractivity contribution in [2.24, 2.45) is 11.8 Å². The number of halogens is 13. The van der Waals surface area contributed by atoms with Crippen molar-refractivity contribution in [3.8, 4) is 0 Å². The van der Waals surface area contributed by atoms with Gasteiger partial charge in [-0.05, 0) is 69.5 Å². The number of likely N-dealkylation sites (N-methyl/N-ethyl adjacent to an activating group) is 1. The molecule has 2 unspecified atom stereocenters. The van der Waals surface area contributed by atoms with Crippen molar-refractivity contribution >= 4 is 5.69 Å². The fourth-order valence-electron chi connectivity index (χ4n) is 9.34. The average Bonchev–Trinajstić information content (AvgIpc) is 3.00. The Morgan fingerprint density at radius 2 is 1.08 bits per heavy atom. The maximum absolute atomic E-state index is 14.9. The number of aromatic nitrogens is 1. The van der Waals surface area contributed by atoms with Crippen LogP contribution in [-0.4, -0.2) is 120 Å². The number of anilines is 1. The van der Waals surface area contributed by atoms with Crippen molar-refractivity contribution in [1.82, 2.24) is 19.7 Å². The summed E-state index contributed by atoms with van der Waals surface area (Å²) in [6, 6.07) is 1.35. The summed E-state index contributed by atoms with van der Waals surface area (Å²) in [6.07, 6.45) is -0.428.